The van der Waals surface area contributed by atoms with Gasteiger partial charge in [-0.15, -0.1) is 0 Å². The molecular formula is C17H21FN2O3. The van der Waals surface area contributed by atoms with E-state index in [1.54, 1.807) is 6.26 Å². The van der Waals surface area contributed by atoms with Crippen LogP contribution in [-0.4, -0.2) is 47.9 Å². The number of furan rings is 1. The monoisotopic (exact) mass is 320 g/mol. The maximum Gasteiger partial charge on any atom is 0.404 e. The minimum absolute atomic E-state index is 0.0142. The van der Waals surface area contributed by atoms with Crippen LogP contribution in [0.25, 0.3) is 11.0 Å². The van der Waals surface area contributed by atoms with Gasteiger partial charge in [0.1, 0.15) is 11.8 Å². The molecule has 124 valence electrons. The van der Waals surface area contributed by atoms with Crippen LogP contribution in [0.3, 0.4) is 0 Å². The topological polar surface area (TPSA) is 65.7 Å². The van der Waals surface area contributed by atoms with Crippen molar-refractivity contribution in [2.24, 2.45) is 0 Å². The fourth-order valence-corrected chi connectivity index (χ4v) is 3.21. The summed E-state index contributed by atoms with van der Waals surface area (Å²) in [4.78, 5) is 12.7. The summed E-state index contributed by atoms with van der Waals surface area (Å²) >= 11 is 0. The van der Waals surface area contributed by atoms with Crippen molar-refractivity contribution in [2.45, 2.75) is 31.5 Å². The Kier molecular flexibility index (Phi) is 4.81. The zero-order chi connectivity index (χ0) is 16.2. The lowest BCUT2D eigenvalue weighted by Crippen LogP contribution is -2.45. The van der Waals surface area contributed by atoms with Gasteiger partial charge >= 0.3 is 6.09 Å². The molecule has 3 rings (SSSR count). The van der Waals surface area contributed by atoms with Crippen LogP contribution in [0.2, 0.25) is 0 Å². The molecule has 0 saturated carbocycles. The number of hydrogen-bond acceptors (Lipinski definition) is 3. The second-order valence-electron chi connectivity index (χ2n) is 6.08. The predicted molar refractivity (Wildman–Crippen MR) is 85.4 cm³/mol. The predicted octanol–water partition coefficient (Wildman–Crippen LogP) is 3.05. The zero-order valence-corrected chi connectivity index (χ0v) is 12.9. The second kappa shape index (κ2) is 7.00. The molecule has 0 bridgehead atoms. The maximum atomic E-state index is 14.4. The van der Waals surface area contributed by atoms with E-state index in [0.717, 1.165) is 42.5 Å². The summed E-state index contributed by atoms with van der Waals surface area (Å²) in [6.07, 6.45) is 1.49. The molecule has 0 radical (unpaired) electrons. The van der Waals surface area contributed by atoms with E-state index in [1.807, 2.05) is 24.3 Å². The van der Waals surface area contributed by atoms with Crippen LogP contribution in [0.4, 0.5) is 9.18 Å². The highest BCUT2D eigenvalue weighted by Gasteiger charge is 2.23. The lowest BCUT2D eigenvalue weighted by Gasteiger charge is -2.32. The number of carbonyl (C=O) groups is 1. The first-order chi connectivity index (χ1) is 11.1. The second-order valence-corrected chi connectivity index (χ2v) is 6.08. The molecule has 1 amide bonds. The summed E-state index contributed by atoms with van der Waals surface area (Å²) < 4.78 is 19.8. The minimum Gasteiger partial charge on any atom is -0.465 e. The number of hydrogen-bond donors (Lipinski definition) is 2. The number of nitrogens with one attached hydrogen (secondary N) is 1. The highest BCUT2D eigenvalue weighted by molar-refractivity contribution is 5.80. The van der Waals surface area contributed by atoms with Crippen molar-refractivity contribution in [1.82, 2.24) is 10.2 Å². The highest BCUT2D eigenvalue weighted by Crippen LogP contribution is 2.23. The number of amides is 1. The Hall–Kier alpha value is -2.08. The molecule has 23 heavy (non-hydrogen) atoms. The molecule has 1 aromatic heterocycles. The van der Waals surface area contributed by atoms with Gasteiger partial charge in [-0.05, 0) is 18.9 Å². The van der Waals surface area contributed by atoms with E-state index in [4.69, 9.17) is 9.52 Å². The van der Waals surface area contributed by atoms with Gasteiger partial charge < -0.3 is 19.7 Å². The Labute approximate surface area is 134 Å². The Morgan fingerprint density at radius 1 is 1.39 bits per heavy atom. The summed E-state index contributed by atoms with van der Waals surface area (Å²) in [5, 5.41) is 12.2. The third-order valence-electron chi connectivity index (χ3n) is 4.37. The third kappa shape index (κ3) is 4.01. The van der Waals surface area contributed by atoms with Gasteiger partial charge in [0.2, 0.25) is 0 Å². The van der Waals surface area contributed by atoms with E-state index in [-0.39, 0.29) is 6.04 Å². The molecule has 1 saturated heterocycles. The van der Waals surface area contributed by atoms with Crippen molar-refractivity contribution in [3.63, 3.8) is 0 Å². The van der Waals surface area contributed by atoms with E-state index >= 15 is 0 Å². The van der Waals surface area contributed by atoms with Crippen LogP contribution in [0.1, 0.15) is 18.4 Å². The number of alkyl halides is 1. The van der Waals surface area contributed by atoms with Gasteiger partial charge in [-0.2, -0.15) is 0 Å². The number of piperidine rings is 1. The average molecular weight is 320 g/mol. The van der Waals surface area contributed by atoms with Gasteiger partial charge in [0, 0.05) is 43.0 Å². The first kappa shape index (κ1) is 15.8. The van der Waals surface area contributed by atoms with Crippen molar-refractivity contribution in [3.8, 4) is 0 Å². The standard InChI is InChI=1S/C17H21FN2O3/c18-13(9-12-11-23-16-4-2-1-3-15(12)16)10-20-7-5-14(6-8-20)19-17(21)22/h1-4,11,13-14,19H,5-10H2,(H,21,22). The molecule has 0 aliphatic carbocycles. The molecule has 1 aromatic carbocycles. The largest absolute Gasteiger partial charge is 0.465 e. The number of rotatable bonds is 5. The summed E-state index contributed by atoms with van der Waals surface area (Å²) in [6.45, 7) is 1.81. The SMILES string of the molecule is O=C(O)NC1CCN(CC(F)Cc2coc3ccccc23)CC1. The average Bonchev–Trinajstić information content (AvgIpc) is 2.92. The third-order valence-corrected chi connectivity index (χ3v) is 4.37. The number of nitrogens with zero attached hydrogens (tertiary/aromatic N) is 1. The molecule has 1 aliphatic rings. The van der Waals surface area contributed by atoms with Gasteiger partial charge in [-0.1, -0.05) is 18.2 Å². The number of para-hydroxylation sites is 1. The number of fused-ring (bicyclic) bond motifs is 1. The first-order valence-electron chi connectivity index (χ1n) is 7.93. The normalized spacial score (nSPS) is 18.1. The fourth-order valence-electron chi connectivity index (χ4n) is 3.21. The Morgan fingerprint density at radius 2 is 2.13 bits per heavy atom. The summed E-state index contributed by atoms with van der Waals surface area (Å²) in [5.74, 6) is 0. The van der Waals surface area contributed by atoms with Gasteiger partial charge in [0.05, 0.1) is 6.26 Å². The molecule has 1 aliphatic heterocycles. The molecule has 1 unspecified atom stereocenters. The van der Waals surface area contributed by atoms with Crippen molar-refractivity contribution in [2.75, 3.05) is 19.6 Å². The number of benzene rings is 1. The van der Waals surface area contributed by atoms with Crippen LogP contribution in [0.5, 0.6) is 0 Å². The van der Waals surface area contributed by atoms with Gasteiger partial charge in [0.25, 0.3) is 0 Å². The smallest absolute Gasteiger partial charge is 0.404 e. The van der Waals surface area contributed by atoms with Crippen LogP contribution < -0.4 is 5.32 Å². The Balaban J connectivity index is 1.50. The van der Waals surface area contributed by atoms with E-state index in [2.05, 4.69) is 10.2 Å². The zero-order valence-electron chi connectivity index (χ0n) is 12.9. The van der Waals surface area contributed by atoms with Gasteiger partial charge in [-0.25, -0.2) is 9.18 Å². The molecular weight excluding hydrogens is 299 g/mol. The maximum absolute atomic E-state index is 14.4. The van der Waals surface area contributed by atoms with Crippen LogP contribution in [0.15, 0.2) is 34.9 Å². The molecule has 6 heteroatoms. The summed E-state index contributed by atoms with van der Waals surface area (Å²) in [6, 6.07) is 7.64. The lowest BCUT2D eigenvalue weighted by atomic mass is 10.0. The quantitative estimate of drug-likeness (QED) is 0.889. The van der Waals surface area contributed by atoms with Crippen molar-refractivity contribution in [1.29, 1.82) is 0 Å². The molecule has 0 spiro atoms. The fraction of sp³-hybridized carbons (Fsp3) is 0.471. The highest BCUT2D eigenvalue weighted by atomic mass is 19.1. The van der Waals surface area contributed by atoms with E-state index < -0.39 is 12.3 Å². The van der Waals surface area contributed by atoms with Crippen molar-refractivity contribution < 1.29 is 18.7 Å². The number of halogens is 1. The van der Waals surface area contributed by atoms with Gasteiger partial charge in [0.15, 0.2) is 0 Å². The first-order valence-corrected chi connectivity index (χ1v) is 7.93. The molecule has 5 nitrogen and oxygen atoms in total. The van der Waals surface area contributed by atoms with Gasteiger partial charge in [-0.3, -0.25) is 0 Å². The summed E-state index contributed by atoms with van der Waals surface area (Å²) in [7, 11) is 0. The number of likely N-dealkylation sites (tertiary alicyclic amines) is 1. The number of carboxylic acid groups (broad SMARTS) is 1. The molecule has 2 aromatic rings. The molecule has 1 atom stereocenters. The van der Waals surface area contributed by atoms with E-state index in [9.17, 15) is 9.18 Å². The van der Waals surface area contributed by atoms with E-state index in [1.165, 1.54) is 0 Å². The molecule has 2 N–H and O–H groups in total. The molecule has 2 heterocycles. The van der Waals surface area contributed by atoms with Crippen LogP contribution in [0, 0.1) is 0 Å². The Morgan fingerprint density at radius 3 is 2.87 bits per heavy atom. The lowest BCUT2D eigenvalue weighted by molar-refractivity contribution is 0.142. The van der Waals surface area contributed by atoms with Crippen LogP contribution >= 0.6 is 0 Å². The van der Waals surface area contributed by atoms with Crippen molar-refractivity contribution >= 4 is 17.1 Å². The summed E-state index contributed by atoms with van der Waals surface area (Å²) in [5.41, 5.74) is 1.69. The molecule has 1 fully saturated rings. The minimum atomic E-state index is -0.987. The van der Waals surface area contributed by atoms with Crippen LogP contribution in [-0.2, 0) is 6.42 Å². The Bertz CT molecular complexity index is 665. The van der Waals surface area contributed by atoms with Crippen molar-refractivity contribution in [3.05, 3.63) is 36.1 Å². The van der Waals surface area contributed by atoms with E-state index in [0.29, 0.717) is 13.0 Å².